The lowest BCUT2D eigenvalue weighted by Crippen LogP contribution is -2.48. The summed E-state index contributed by atoms with van der Waals surface area (Å²) in [6.07, 6.45) is 3.62. The largest absolute Gasteiger partial charge is 0.468 e. The molecule has 4 atom stereocenters. The number of benzene rings is 2. The minimum Gasteiger partial charge on any atom is -0.468 e. The highest BCUT2D eigenvalue weighted by Gasteiger charge is 2.67. The second-order valence-electron chi connectivity index (χ2n) is 9.63. The molecule has 4 rings (SSSR count). The quantitative estimate of drug-likeness (QED) is 0.381. The van der Waals surface area contributed by atoms with Crippen molar-refractivity contribution in [2.45, 2.75) is 38.8 Å². The number of esters is 1. The minimum atomic E-state index is -1.75. The average molecular weight is 460 g/mol. The van der Waals surface area contributed by atoms with Crippen molar-refractivity contribution < 1.29 is 19.2 Å². The molecule has 2 aliphatic heterocycles. The van der Waals surface area contributed by atoms with Crippen molar-refractivity contribution in [3.63, 3.8) is 0 Å². The van der Waals surface area contributed by atoms with Crippen LogP contribution < -0.4 is 4.90 Å². The van der Waals surface area contributed by atoms with E-state index >= 15 is 0 Å². The zero-order chi connectivity index (χ0) is 24.8. The fourth-order valence-corrected chi connectivity index (χ4v) is 5.16. The van der Waals surface area contributed by atoms with E-state index in [0.29, 0.717) is 5.56 Å². The van der Waals surface area contributed by atoms with Gasteiger partial charge in [-0.15, -0.1) is 0 Å². The number of hydrogen-bond donors (Lipinski definition) is 0. The molecule has 0 bridgehead atoms. The second kappa shape index (κ2) is 8.10. The molecule has 2 heterocycles. The first-order valence-electron chi connectivity index (χ1n) is 10.9. The number of anilines is 1. The molecule has 34 heavy (non-hydrogen) atoms. The number of nitro benzene ring substituents is 1. The van der Waals surface area contributed by atoms with Crippen molar-refractivity contribution in [3.8, 4) is 6.07 Å². The van der Waals surface area contributed by atoms with Gasteiger partial charge >= 0.3 is 5.97 Å². The molecule has 0 saturated carbocycles. The van der Waals surface area contributed by atoms with Crippen LogP contribution in [-0.2, 0) is 14.3 Å². The molecular weight excluding hydrogens is 434 g/mol. The van der Waals surface area contributed by atoms with Gasteiger partial charge in [-0.2, -0.15) is 5.26 Å². The topological polar surface area (TPSA) is 114 Å². The lowest BCUT2D eigenvalue weighted by Gasteiger charge is -2.37. The minimum absolute atomic E-state index is 0.121. The fraction of sp³-hybridized carbons (Fsp3) is 0.346. The van der Waals surface area contributed by atoms with Crippen LogP contribution in [0, 0.1) is 32.3 Å². The summed E-state index contributed by atoms with van der Waals surface area (Å²) in [5, 5.41) is 21.8. The maximum atomic E-state index is 14.0. The van der Waals surface area contributed by atoms with Crippen LogP contribution in [0.1, 0.15) is 37.8 Å². The number of carbonyl (C=O) groups excluding carboxylic acids is 2. The molecule has 0 unspecified atom stereocenters. The summed E-state index contributed by atoms with van der Waals surface area (Å²) < 4.78 is 5.15. The number of nitrogens with zero attached hydrogens (tertiary/aromatic N) is 3. The van der Waals surface area contributed by atoms with Crippen LogP contribution in [-0.4, -0.2) is 35.9 Å². The molecule has 0 N–H and O–H groups in total. The molecule has 0 aromatic heterocycles. The number of para-hydroxylation sites is 1. The Hall–Kier alpha value is -3.99. The van der Waals surface area contributed by atoms with Gasteiger partial charge in [0, 0.05) is 29.2 Å². The lowest BCUT2D eigenvalue weighted by molar-refractivity contribution is -0.384. The third-order valence-electron chi connectivity index (χ3n) is 6.72. The van der Waals surface area contributed by atoms with Crippen LogP contribution in [0.2, 0.25) is 0 Å². The number of ketones is 1. The Bertz CT molecular complexity index is 1240. The number of Topliss-reactive ketones (excluding diaryl/α,β-unsaturated/α-hetero) is 1. The van der Waals surface area contributed by atoms with Gasteiger partial charge in [0.1, 0.15) is 0 Å². The number of methoxy groups -OCH3 is 1. The van der Waals surface area contributed by atoms with Crippen LogP contribution in [0.3, 0.4) is 0 Å². The van der Waals surface area contributed by atoms with E-state index in [0.717, 1.165) is 11.3 Å². The van der Waals surface area contributed by atoms with Crippen molar-refractivity contribution >= 4 is 29.2 Å². The summed E-state index contributed by atoms with van der Waals surface area (Å²) in [5.41, 5.74) is -0.562. The Morgan fingerprint density at radius 1 is 1.15 bits per heavy atom. The van der Waals surface area contributed by atoms with Gasteiger partial charge in [-0.05, 0) is 17.2 Å². The number of rotatable bonds is 4. The highest BCUT2D eigenvalue weighted by Crippen LogP contribution is 2.57. The van der Waals surface area contributed by atoms with Crippen LogP contribution in [0.5, 0.6) is 0 Å². The highest BCUT2D eigenvalue weighted by atomic mass is 16.6. The van der Waals surface area contributed by atoms with Crippen LogP contribution in [0.15, 0.2) is 54.6 Å². The molecule has 0 aliphatic carbocycles. The van der Waals surface area contributed by atoms with Crippen molar-refractivity contribution in [2.75, 3.05) is 12.0 Å². The van der Waals surface area contributed by atoms with Gasteiger partial charge in [-0.1, -0.05) is 63.3 Å². The van der Waals surface area contributed by atoms with E-state index in [-0.39, 0.29) is 11.5 Å². The molecule has 2 aliphatic rings. The number of hydrogen-bond acceptors (Lipinski definition) is 7. The summed E-state index contributed by atoms with van der Waals surface area (Å²) in [6, 6.07) is 13.8. The maximum Gasteiger partial charge on any atom is 0.329 e. The molecule has 1 fully saturated rings. The first-order valence-corrected chi connectivity index (χ1v) is 10.9. The Morgan fingerprint density at radius 2 is 1.79 bits per heavy atom. The second-order valence-corrected chi connectivity index (χ2v) is 9.63. The van der Waals surface area contributed by atoms with Gasteiger partial charge in [0.15, 0.2) is 11.2 Å². The third-order valence-corrected chi connectivity index (χ3v) is 6.72. The third kappa shape index (κ3) is 3.27. The van der Waals surface area contributed by atoms with E-state index in [4.69, 9.17) is 4.74 Å². The maximum absolute atomic E-state index is 14.0. The molecule has 174 valence electrons. The Balaban J connectivity index is 2.04. The molecule has 1 saturated heterocycles. The predicted octanol–water partition coefficient (Wildman–Crippen LogP) is 4.26. The van der Waals surface area contributed by atoms with Gasteiger partial charge in [-0.25, -0.2) is 0 Å². The monoisotopic (exact) mass is 459 g/mol. The zero-order valence-electron chi connectivity index (χ0n) is 19.4. The summed E-state index contributed by atoms with van der Waals surface area (Å²) in [6.45, 7) is 5.40. The zero-order valence-corrected chi connectivity index (χ0v) is 19.4. The molecule has 2 aromatic carbocycles. The Labute approximate surface area is 197 Å². The lowest BCUT2D eigenvalue weighted by atomic mass is 9.67. The molecule has 2 aromatic rings. The molecule has 0 radical (unpaired) electrons. The number of nitro groups is 1. The summed E-state index contributed by atoms with van der Waals surface area (Å²) >= 11 is 0. The SMILES string of the molecule is COC(=O)[C@]1(C#N)[C@H](c2ccc([N+](=O)[O-])cc2)[C@@H](C(=O)C(C)(C)C)N2c3ccccc3C=C[C@@H]21. The van der Waals surface area contributed by atoms with Gasteiger partial charge < -0.3 is 9.64 Å². The number of ether oxygens (including phenoxy) is 1. The normalized spacial score (nSPS) is 25.1. The predicted molar refractivity (Wildman–Crippen MR) is 126 cm³/mol. The molecule has 8 nitrogen and oxygen atoms in total. The van der Waals surface area contributed by atoms with Crippen LogP contribution >= 0.6 is 0 Å². The van der Waals surface area contributed by atoms with E-state index < -0.39 is 39.7 Å². The van der Waals surface area contributed by atoms with E-state index in [9.17, 15) is 25.0 Å². The number of nitriles is 1. The molecule has 0 amide bonds. The smallest absolute Gasteiger partial charge is 0.329 e. The number of fused-ring (bicyclic) bond motifs is 3. The van der Waals surface area contributed by atoms with E-state index in [2.05, 4.69) is 6.07 Å². The van der Waals surface area contributed by atoms with Crippen molar-refractivity contribution in [1.82, 2.24) is 0 Å². The first-order chi connectivity index (χ1) is 16.1. The molecule has 0 spiro atoms. The molecular formula is C26H25N3O5. The van der Waals surface area contributed by atoms with Crippen molar-refractivity contribution in [3.05, 3.63) is 75.8 Å². The van der Waals surface area contributed by atoms with Crippen molar-refractivity contribution in [2.24, 2.45) is 10.8 Å². The van der Waals surface area contributed by atoms with E-state index in [1.165, 1.54) is 31.4 Å². The number of carbonyl (C=O) groups is 2. The fourth-order valence-electron chi connectivity index (χ4n) is 5.16. The van der Waals surface area contributed by atoms with Gasteiger partial charge in [0.2, 0.25) is 0 Å². The van der Waals surface area contributed by atoms with E-state index in [1.807, 2.05) is 35.2 Å². The standard InChI is InChI=1S/C26H25N3O5/c1-25(2,3)23(30)22-21(17-9-12-18(13-10-17)29(32)33)26(15-27,24(31)34-4)20-14-11-16-7-5-6-8-19(16)28(20)22/h5-14,20-22H,1-4H3/t20-,21-,22+,26+/m1/s1. The Kier molecular flexibility index (Phi) is 5.52. The van der Waals surface area contributed by atoms with Gasteiger partial charge in [0.05, 0.1) is 30.2 Å². The van der Waals surface area contributed by atoms with E-state index in [1.54, 1.807) is 26.8 Å². The summed E-state index contributed by atoms with van der Waals surface area (Å²) in [5.74, 6) is -1.81. The van der Waals surface area contributed by atoms with Crippen LogP contribution in [0.4, 0.5) is 11.4 Å². The van der Waals surface area contributed by atoms with Crippen LogP contribution in [0.25, 0.3) is 6.08 Å². The number of non-ortho nitro benzene ring substituents is 1. The van der Waals surface area contributed by atoms with Crippen molar-refractivity contribution in [1.29, 1.82) is 5.26 Å². The molecule has 8 heteroatoms. The summed E-state index contributed by atoms with van der Waals surface area (Å²) in [7, 11) is 1.22. The highest BCUT2D eigenvalue weighted by molar-refractivity contribution is 5.99. The average Bonchev–Trinajstić information content (AvgIpc) is 3.13. The summed E-state index contributed by atoms with van der Waals surface area (Å²) in [4.78, 5) is 39.9. The first kappa shape index (κ1) is 23.2. The Morgan fingerprint density at radius 3 is 2.35 bits per heavy atom. The van der Waals surface area contributed by atoms with Gasteiger partial charge in [0.25, 0.3) is 5.69 Å². The van der Waals surface area contributed by atoms with Gasteiger partial charge in [-0.3, -0.25) is 19.7 Å².